The Labute approximate surface area is 40.1 Å². The SMILES string of the molecule is Cc1nnnn1N. The molecule has 0 atom stereocenters. The van der Waals surface area contributed by atoms with Crippen molar-refractivity contribution in [2.24, 2.45) is 0 Å². The highest BCUT2D eigenvalue weighted by Crippen LogP contribution is 1.74. The van der Waals surface area contributed by atoms with E-state index in [9.17, 15) is 0 Å². The molecule has 0 aliphatic heterocycles. The molecule has 0 radical (unpaired) electrons. The van der Waals surface area contributed by atoms with Gasteiger partial charge in [0.15, 0.2) is 5.82 Å². The van der Waals surface area contributed by atoms with Crippen LogP contribution in [0.4, 0.5) is 0 Å². The maximum atomic E-state index is 5.12. The van der Waals surface area contributed by atoms with Gasteiger partial charge in [0.05, 0.1) is 0 Å². The number of hydrogen-bond donors (Lipinski definition) is 1. The molecular weight excluding hydrogens is 94.1 g/mol. The monoisotopic (exact) mass is 99.1 g/mol. The van der Waals surface area contributed by atoms with Crippen molar-refractivity contribution in [2.45, 2.75) is 6.92 Å². The van der Waals surface area contributed by atoms with E-state index >= 15 is 0 Å². The highest BCUT2D eigenvalue weighted by atomic mass is 15.6. The number of tetrazole rings is 1. The van der Waals surface area contributed by atoms with Crippen LogP contribution in [0.1, 0.15) is 5.82 Å². The molecule has 38 valence electrons. The molecule has 0 bridgehead atoms. The molecule has 2 N–H and O–H groups in total. The third kappa shape index (κ3) is 0.510. The van der Waals surface area contributed by atoms with Crippen LogP contribution in [0.5, 0.6) is 0 Å². The van der Waals surface area contributed by atoms with Gasteiger partial charge in [0.1, 0.15) is 0 Å². The van der Waals surface area contributed by atoms with Gasteiger partial charge in [-0.3, -0.25) is 0 Å². The van der Waals surface area contributed by atoms with Crippen LogP contribution in [-0.4, -0.2) is 20.3 Å². The second-order valence-corrected chi connectivity index (χ2v) is 1.17. The van der Waals surface area contributed by atoms with E-state index in [-0.39, 0.29) is 0 Å². The first-order valence-electron chi connectivity index (χ1n) is 1.81. The number of nitrogen functional groups attached to an aromatic ring is 1. The van der Waals surface area contributed by atoms with Crippen LogP contribution in [0, 0.1) is 6.92 Å². The summed E-state index contributed by atoms with van der Waals surface area (Å²) in [6.45, 7) is 1.72. The Balaban J connectivity index is 3.12. The number of aromatic nitrogens is 4. The third-order valence-electron chi connectivity index (χ3n) is 0.657. The average Bonchev–Trinajstić information content (AvgIpc) is 1.91. The van der Waals surface area contributed by atoms with Gasteiger partial charge in [-0.25, -0.2) is 0 Å². The molecule has 0 saturated carbocycles. The van der Waals surface area contributed by atoms with Crippen LogP contribution >= 0.6 is 0 Å². The van der Waals surface area contributed by atoms with Crippen LogP contribution in [-0.2, 0) is 0 Å². The second kappa shape index (κ2) is 1.18. The van der Waals surface area contributed by atoms with Crippen LogP contribution in [0.15, 0.2) is 0 Å². The van der Waals surface area contributed by atoms with Gasteiger partial charge in [-0.15, -0.1) is 9.89 Å². The van der Waals surface area contributed by atoms with Crippen molar-refractivity contribution in [3.05, 3.63) is 5.82 Å². The van der Waals surface area contributed by atoms with Crippen LogP contribution in [0.2, 0.25) is 0 Å². The summed E-state index contributed by atoms with van der Waals surface area (Å²) in [5.74, 6) is 5.73. The Morgan fingerprint density at radius 3 is 2.57 bits per heavy atom. The molecule has 0 aromatic carbocycles. The van der Waals surface area contributed by atoms with Gasteiger partial charge < -0.3 is 5.84 Å². The molecule has 1 aromatic rings. The number of rotatable bonds is 0. The molecule has 1 rings (SSSR count). The molecule has 0 unspecified atom stereocenters. The fourth-order valence-electron chi connectivity index (χ4n) is 0.238. The maximum absolute atomic E-state index is 5.12. The van der Waals surface area contributed by atoms with Crippen molar-refractivity contribution in [2.75, 3.05) is 5.84 Å². The molecule has 0 aliphatic rings. The van der Waals surface area contributed by atoms with Crippen molar-refractivity contribution >= 4 is 0 Å². The molecule has 5 nitrogen and oxygen atoms in total. The van der Waals surface area contributed by atoms with E-state index in [1.54, 1.807) is 6.92 Å². The standard InChI is InChI=1S/C2H5N5/c1-2-4-5-6-7(2)3/h3H2,1H3. The molecule has 0 spiro atoms. The Hall–Kier alpha value is -1.13. The number of aryl methyl sites for hydroxylation is 1. The molecule has 1 heterocycles. The lowest BCUT2D eigenvalue weighted by Gasteiger charge is -1.82. The zero-order chi connectivity index (χ0) is 5.28. The molecule has 1 aromatic heterocycles. The van der Waals surface area contributed by atoms with Crippen LogP contribution in [0.3, 0.4) is 0 Å². The first-order valence-corrected chi connectivity index (χ1v) is 1.81. The largest absolute Gasteiger partial charge is 0.320 e. The quantitative estimate of drug-likeness (QED) is 0.410. The fraction of sp³-hybridized carbons (Fsp3) is 0.500. The van der Waals surface area contributed by atoms with Gasteiger partial charge >= 0.3 is 0 Å². The summed E-state index contributed by atoms with van der Waals surface area (Å²) in [7, 11) is 0. The van der Waals surface area contributed by atoms with Gasteiger partial charge in [0, 0.05) is 0 Å². The second-order valence-electron chi connectivity index (χ2n) is 1.17. The van der Waals surface area contributed by atoms with E-state index in [0.29, 0.717) is 5.82 Å². The summed E-state index contributed by atoms with van der Waals surface area (Å²) >= 11 is 0. The summed E-state index contributed by atoms with van der Waals surface area (Å²) in [6.07, 6.45) is 0. The topological polar surface area (TPSA) is 69.6 Å². The molecule has 0 fully saturated rings. The van der Waals surface area contributed by atoms with E-state index in [1.165, 1.54) is 0 Å². The van der Waals surface area contributed by atoms with Crippen molar-refractivity contribution in [1.29, 1.82) is 0 Å². The van der Waals surface area contributed by atoms with E-state index in [0.717, 1.165) is 4.79 Å². The minimum atomic E-state index is 0.611. The van der Waals surface area contributed by atoms with E-state index in [1.807, 2.05) is 0 Å². The number of nitrogens with zero attached hydrogens (tertiary/aromatic N) is 4. The van der Waals surface area contributed by atoms with Crippen molar-refractivity contribution in [3.8, 4) is 0 Å². The molecule has 0 aliphatic carbocycles. The van der Waals surface area contributed by atoms with E-state index in [4.69, 9.17) is 5.84 Å². The number of hydrogen-bond acceptors (Lipinski definition) is 4. The summed E-state index contributed by atoms with van der Waals surface area (Å²) < 4.78 is 0. The van der Waals surface area contributed by atoms with E-state index in [2.05, 4.69) is 15.5 Å². The summed E-state index contributed by atoms with van der Waals surface area (Å²) in [5.41, 5.74) is 0. The smallest absolute Gasteiger partial charge is 0.171 e. The van der Waals surface area contributed by atoms with Gasteiger partial charge in [-0.05, 0) is 17.4 Å². The minimum absolute atomic E-state index is 0.611. The van der Waals surface area contributed by atoms with Crippen LogP contribution < -0.4 is 5.84 Å². The molecule has 5 heteroatoms. The summed E-state index contributed by atoms with van der Waals surface area (Å²) in [6, 6.07) is 0. The first kappa shape index (κ1) is 4.04. The molecule has 0 amide bonds. The molecule has 7 heavy (non-hydrogen) atoms. The molecular formula is C2H5N5. The lowest BCUT2D eigenvalue weighted by molar-refractivity contribution is 0.744. The Morgan fingerprint density at radius 1 is 1.71 bits per heavy atom. The fourth-order valence-corrected chi connectivity index (χ4v) is 0.238. The number of nitrogens with two attached hydrogens (primary N) is 1. The Morgan fingerprint density at radius 2 is 2.43 bits per heavy atom. The van der Waals surface area contributed by atoms with Crippen LogP contribution in [0.25, 0.3) is 0 Å². The van der Waals surface area contributed by atoms with Crippen molar-refractivity contribution < 1.29 is 0 Å². The lowest BCUT2D eigenvalue weighted by atomic mass is 10.8. The summed E-state index contributed by atoms with van der Waals surface area (Å²) in [5, 5.41) is 10.1. The van der Waals surface area contributed by atoms with Crippen molar-refractivity contribution in [1.82, 2.24) is 20.3 Å². The van der Waals surface area contributed by atoms with Gasteiger partial charge in [-0.1, -0.05) is 0 Å². The highest BCUT2D eigenvalue weighted by Gasteiger charge is 1.88. The van der Waals surface area contributed by atoms with Gasteiger partial charge in [0.25, 0.3) is 0 Å². The summed E-state index contributed by atoms with van der Waals surface area (Å²) in [4.78, 5) is 1.11. The molecule has 0 saturated heterocycles. The predicted octanol–water partition coefficient (Wildman–Crippen LogP) is -1.30. The zero-order valence-corrected chi connectivity index (χ0v) is 3.87. The van der Waals surface area contributed by atoms with E-state index < -0.39 is 0 Å². The normalized spacial score (nSPS) is 9.29. The lowest BCUT2D eigenvalue weighted by Crippen LogP contribution is -2.11. The Kier molecular flexibility index (Phi) is 0.680. The predicted molar refractivity (Wildman–Crippen MR) is 22.7 cm³/mol. The minimum Gasteiger partial charge on any atom is -0.320 e. The van der Waals surface area contributed by atoms with Gasteiger partial charge in [-0.2, -0.15) is 0 Å². The van der Waals surface area contributed by atoms with Gasteiger partial charge in [0.2, 0.25) is 0 Å². The Bertz CT molecular complexity index is 138. The highest BCUT2D eigenvalue weighted by molar-refractivity contribution is 4.70. The average molecular weight is 99.1 g/mol. The van der Waals surface area contributed by atoms with Crippen molar-refractivity contribution in [3.63, 3.8) is 0 Å². The maximum Gasteiger partial charge on any atom is 0.171 e. The third-order valence-corrected chi connectivity index (χ3v) is 0.657. The zero-order valence-electron chi connectivity index (χ0n) is 3.87. The first-order chi connectivity index (χ1) is 3.30.